The first-order chi connectivity index (χ1) is 7.66. The van der Waals surface area contributed by atoms with Crippen LogP contribution >= 0.6 is 11.6 Å². The maximum absolute atomic E-state index is 12.9. The highest BCUT2D eigenvalue weighted by Crippen LogP contribution is 2.23. The molecule has 1 fully saturated rings. The van der Waals surface area contributed by atoms with Crippen molar-refractivity contribution in [2.45, 2.75) is 18.9 Å². The minimum Gasteiger partial charge on any atom is -0.323 e. The fourth-order valence-corrected chi connectivity index (χ4v) is 1.89. The predicted molar refractivity (Wildman–Crippen MR) is 61.1 cm³/mol. The van der Waals surface area contributed by atoms with Crippen molar-refractivity contribution in [3.63, 3.8) is 0 Å². The largest absolute Gasteiger partial charge is 0.323 e. The molecule has 0 saturated carbocycles. The standard InChI is InChI=1S/C11H12ClFN2O/c12-8-4-3-7(13)6-10(8)15-11(16)9-2-1-5-14-9/h3-4,6,9,14H,1-2,5H2,(H,15,16)/t9-/m0/s1. The van der Waals surface area contributed by atoms with Gasteiger partial charge < -0.3 is 10.6 Å². The van der Waals surface area contributed by atoms with E-state index in [1.54, 1.807) is 0 Å². The maximum atomic E-state index is 12.9. The number of halogens is 2. The molecule has 1 amide bonds. The van der Waals surface area contributed by atoms with Crippen molar-refractivity contribution < 1.29 is 9.18 Å². The molecule has 1 aromatic carbocycles. The minimum absolute atomic E-state index is 0.162. The van der Waals surface area contributed by atoms with E-state index in [2.05, 4.69) is 10.6 Å². The molecule has 1 aromatic rings. The van der Waals surface area contributed by atoms with Gasteiger partial charge in [0.05, 0.1) is 16.8 Å². The van der Waals surface area contributed by atoms with Crippen LogP contribution in [0, 0.1) is 5.82 Å². The van der Waals surface area contributed by atoms with Crippen LogP contribution < -0.4 is 10.6 Å². The third-order valence-electron chi connectivity index (χ3n) is 2.56. The molecule has 86 valence electrons. The highest BCUT2D eigenvalue weighted by Gasteiger charge is 2.22. The summed E-state index contributed by atoms with van der Waals surface area (Å²) < 4.78 is 12.9. The fourth-order valence-electron chi connectivity index (χ4n) is 1.72. The van der Waals surface area contributed by atoms with E-state index in [0.717, 1.165) is 19.4 Å². The molecule has 0 spiro atoms. The summed E-state index contributed by atoms with van der Waals surface area (Å²) in [7, 11) is 0. The molecule has 2 N–H and O–H groups in total. The van der Waals surface area contributed by atoms with Crippen LogP contribution in [0.5, 0.6) is 0 Å². The Morgan fingerprint density at radius 3 is 3.06 bits per heavy atom. The van der Waals surface area contributed by atoms with Gasteiger partial charge in [-0.1, -0.05) is 11.6 Å². The molecular weight excluding hydrogens is 231 g/mol. The van der Waals surface area contributed by atoms with Crippen LogP contribution in [0.3, 0.4) is 0 Å². The van der Waals surface area contributed by atoms with E-state index in [9.17, 15) is 9.18 Å². The first kappa shape index (κ1) is 11.4. The Morgan fingerprint density at radius 1 is 1.56 bits per heavy atom. The number of anilines is 1. The zero-order valence-electron chi connectivity index (χ0n) is 8.59. The van der Waals surface area contributed by atoms with E-state index < -0.39 is 5.82 Å². The highest BCUT2D eigenvalue weighted by molar-refractivity contribution is 6.33. The Balaban J connectivity index is 2.07. The second-order valence-corrected chi connectivity index (χ2v) is 4.17. The van der Waals surface area contributed by atoms with Gasteiger partial charge in [-0.05, 0) is 37.6 Å². The van der Waals surface area contributed by atoms with Gasteiger partial charge in [-0.15, -0.1) is 0 Å². The van der Waals surface area contributed by atoms with Crippen LogP contribution in [-0.4, -0.2) is 18.5 Å². The first-order valence-corrected chi connectivity index (χ1v) is 5.54. The number of amides is 1. The van der Waals surface area contributed by atoms with Crippen molar-refractivity contribution in [3.05, 3.63) is 29.0 Å². The van der Waals surface area contributed by atoms with E-state index >= 15 is 0 Å². The molecule has 0 unspecified atom stereocenters. The third-order valence-corrected chi connectivity index (χ3v) is 2.89. The number of benzene rings is 1. The second kappa shape index (κ2) is 4.80. The van der Waals surface area contributed by atoms with Gasteiger partial charge in [0.2, 0.25) is 5.91 Å². The quantitative estimate of drug-likeness (QED) is 0.835. The van der Waals surface area contributed by atoms with Crippen LogP contribution in [0.1, 0.15) is 12.8 Å². The molecule has 1 aliphatic heterocycles. The lowest BCUT2D eigenvalue weighted by molar-refractivity contribution is -0.117. The fraction of sp³-hybridized carbons (Fsp3) is 0.364. The van der Waals surface area contributed by atoms with E-state index in [4.69, 9.17) is 11.6 Å². The van der Waals surface area contributed by atoms with Gasteiger partial charge in [-0.25, -0.2) is 4.39 Å². The molecule has 1 heterocycles. The minimum atomic E-state index is -0.418. The molecule has 0 aliphatic carbocycles. The van der Waals surface area contributed by atoms with Gasteiger partial charge in [0, 0.05) is 0 Å². The van der Waals surface area contributed by atoms with E-state index in [-0.39, 0.29) is 11.9 Å². The summed E-state index contributed by atoms with van der Waals surface area (Å²) in [5, 5.41) is 6.02. The van der Waals surface area contributed by atoms with Crippen LogP contribution in [0.2, 0.25) is 5.02 Å². The number of hydrogen-bond donors (Lipinski definition) is 2. The molecule has 5 heteroatoms. The molecule has 0 bridgehead atoms. The molecule has 2 rings (SSSR count). The average molecular weight is 243 g/mol. The SMILES string of the molecule is O=C(Nc1cc(F)ccc1Cl)[C@@H]1CCCN1. The Kier molecular flexibility index (Phi) is 3.41. The van der Waals surface area contributed by atoms with Crippen LogP contribution in [0.25, 0.3) is 0 Å². The molecule has 16 heavy (non-hydrogen) atoms. The molecule has 1 saturated heterocycles. The molecule has 1 aliphatic rings. The summed E-state index contributed by atoms with van der Waals surface area (Å²) in [5.41, 5.74) is 0.320. The monoisotopic (exact) mass is 242 g/mol. The van der Waals surface area contributed by atoms with Gasteiger partial charge in [0.15, 0.2) is 0 Å². The van der Waals surface area contributed by atoms with Gasteiger partial charge >= 0.3 is 0 Å². The second-order valence-electron chi connectivity index (χ2n) is 3.76. The van der Waals surface area contributed by atoms with Crippen molar-refractivity contribution in [1.29, 1.82) is 0 Å². The topological polar surface area (TPSA) is 41.1 Å². The maximum Gasteiger partial charge on any atom is 0.241 e. The number of hydrogen-bond acceptors (Lipinski definition) is 2. The molecule has 1 atom stereocenters. The summed E-state index contributed by atoms with van der Waals surface area (Å²) >= 11 is 5.85. The van der Waals surface area contributed by atoms with Crippen LogP contribution in [0.4, 0.5) is 10.1 Å². The molecule has 3 nitrogen and oxygen atoms in total. The average Bonchev–Trinajstić information content (AvgIpc) is 2.76. The van der Waals surface area contributed by atoms with Crippen molar-refractivity contribution >= 4 is 23.2 Å². The summed E-state index contributed by atoms with van der Waals surface area (Å²) in [6.07, 6.45) is 1.79. The Morgan fingerprint density at radius 2 is 2.38 bits per heavy atom. The van der Waals surface area contributed by atoms with Crippen molar-refractivity contribution in [3.8, 4) is 0 Å². The summed E-state index contributed by atoms with van der Waals surface area (Å²) in [6, 6.07) is 3.70. The zero-order valence-corrected chi connectivity index (χ0v) is 9.35. The number of nitrogens with one attached hydrogen (secondary N) is 2. The van der Waals surface area contributed by atoms with Gasteiger partial charge in [0.1, 0.15) is 5.82 Å². The van der Waals surface area contributed by atoms with E-state index in [1.165, 1.54) is 18.2 Å². The smallest absolute Gasteiger partial charge is 0.241 e. The number of carbonyl (C=O) groups excluding carboxylic acids is 1. The predicted octanol–water partition coefficient (Wildman–Crippen LogP) is 2.17. The molecule has 0 radical (unpaired) electrons. The van der Waals surface area contributed by atoms with Crippen molar-refractivity contribution in [2.75, 3.05) is 11.9 Å². The lowest BCUT2D eigenvalue weighted by atomic mass is 10.2. The van der Waals surface area contributed by atoms with Gasteiger partial charge in [0.25, 0.3) is 0 Å². The highest BCUT2D eigenvalue weighted by atomic mass is 35.5. The summed E-state index contributed by atoms with van der Waals surface area (Å²) in [4.78, 5) is 11.7. The Bertz CT molecular complexity index is 405. The normalized spacial score (nSPS) is 19.8. The summed E-state index contributed by atoms with van der Waals surface area (Å²) in [5.74, 6) is -0.580. The van der Waals surface area contributed by atoms with Gasteiger partial charge in [-0.3, -0.25) is 4.79 Å². The van der Waals surface area contributed by atoms with E-state index in [1.807, 2.05) is 0 Å². The van der Waals surface area contributed by atoms with Crippen LogP contribution in [-0.2, 0) is 4.79 Å². The molecular formula is C11H12ClFN2O. The first-order valence-electron chi connectivity index (χ1n) is 5.16. The number of rotatable bonds is 2. The third kappa shape index (κ3) is 2.51. The van der Waals surface area contributed by atoms with E-state index in [0.29, 0.717) is 10.7 Å². The van der Waals surface area contributed by atoms with Crippen molar-refractivity contribution in [1.82, 2.24) is 5.32 Å². The lowest BCUT2D eigenvalue weighted by Crippen LogP contribution is -2.35. The summed E-state index contributed by atoms with van der Waals surface area (Å²) in [6.45, 7) is 0.842. The van der Waals surface area contributed by atoms with Crippen molar-refractivity contribution in [2.24, 2.45) is 0 Å². The van der Waals surface area contributed by atoms with Crippen LogP contribution in [0.15, 0.2) is 18.2 Å². The Labute approximate surface area is 98.0 Å². The molecule has 0 aromatic heterocycles. The number of carbonyl (C=O) groups is 1. The zero-order chi connectivity index (χ0) is 11.5. The Hall–Kier alpha value is -1.13. The lowest BCUT2D eigenvalue weighted by Gasteiger charge is -2.12. The van der Waals surface area contributed by atoms with Gasteiger partial charge in [-0.2, -0.15) is 0 Å².